The van der Waals surface area contributed by atoms with Crippen LogP contribution in [0.1, 0.15) is 6.92 Å². The van der Waals surface area contributed by atoms with E-state index in [2.05, 4.69) is 4.72 Å². The fourth-order valence-electron chi connectivity index (χ4n) is 0.882. The fourth-order valence-corrected chi connectivity index (χ4v) is 1.21. The van der Waals surface area contributed by atoms with Crippen molar-refractivity contribution in [2.75, 3.05) is 11.3 Å². The summed E-state index contributed by atoms with van der Waals surface area (Å²) in [6, 6.07) is 6.69. The van der Waals surface area contributed by atoms with Crippen LogP contribution in [0.3, 0.4) is 0 Å². The quantitative estimate of drug-likeness (QED) is 0.745. The van der Waals surface area contributed by atoms with Crippen LogP contribution in [-0.4, -0.2) is 15.4 Å². The van der Waals surface area contributed by atoms with Crippen molar-refractivity contribution < 1.29 is 13.5 Å². The molecule has 0 radical (unpaired) electrons. The topological polar surface area (TPSA) is 61.4 Å². The zero-order valence-corrected chi connectivity index (χ0v) is 7.97. The normalized spacial score (nSPS) is 12.2. The van der Waals surface area contributed by atoms with Gasteiger partial charge in [0, 0.05) is 17.0 Å². The Balaban J connectivity index is 2.64. The molecule has 0 aliphatic heterocycles. The van der Waals surface area contributed by atoms with E-state index < -0.39 is 11.3 Å². The van der Waals surface area contributed by atoms with Crippen molar-refractivity contribution in [3.8, 4) is 5.75 Å². The highest BCUT2D eigenvalue weighted by atomic mass is 32.2. The van der Waals surface area contributed by atoms with Crippen LogP contribution in [0.2, 0.25) is 0 Å². The van der Waals surface area contributed by atoms with Crippen molar-refractivity contribution >= 4 is 17.0 Å². The van der Waals surface area contributed by atoms with Crippen molar-refractivity contribution in [1.82, 2.24) is 0 Å². The lowest BCUT2D eigenvalue weighted by molar-refractivity contribution is 0.340. The van der Waals surface area contributed by atoms with E-state index in [1.54, 1.807) is 24.3 Å². The van der Waals surface area contributed by atoms with E-state index in [1.807, 2.05) is 6.92 Å². The van der Waals surface area contributed by atoms with Gasteiger partial charge in [-0.2, -0.15) is 0 Å². The van der Waals surface area contributed by atoms with Gasteiger partial charge in [0.25, 0.3) is 0 Å². The molecule has 5 heteroatoms. The first-order valence-corrected chi connectivity index (χ1v) is 4.88. The SMILES string of the molecule is CCOc1ccc(NS(=O)[O-])cc1. The van der Waals surface area contributed by atoms with Gasteiger partial charge in [-0.1, -0.05) is 0 Å². The summed E-state index contributed by atoms with van der Waals surface area (Å²) in [5, 5.41) is 0. The molecule has 1 aromatic carbocycles. The molecule has 4 nitrogen and oxygen atoms in total. The molecule has 1 rings (SSSR count). The molecule has 1 atom stereocenters. The summed E-state index contributed by atoms with van der Waals surface area (Å²) in [4.78, 5) is 0. The predicted octanol–water partition coefficient (Wildman–Crippen LogP) is 1.29. The monoisotopic (exact) mass is 200 g/mol. The Hall–Kier alpha value is -1.07. The van der Waals surface area contributed by atoms with Gasteiger partial charge in [0.15, 0.2) is 0 Å². The summed E-state index contributed by atoms with van der Waals surface area (Å²) in [7, 11) is 0. The Morgan fingerprint density at radius 1 is 1.46 bits per heavy atom. The molecule has 0 amide bonds. The standard InChI is InChI=1S/C8H11NO3S/c1-2-12-8-5-3-7(4-6-8)9-13(10)11/h3-6,9H,2H2,1H3,(H,10,11)/p-1. The van der Waals surface area contributed by atoms with Gasteiger partial charge in [0.1, 0.15) is 5.75 Å². The number of hydrogen-bond acceptors (Lipinski definition) is 3. The van der Waals surface area contributed by atoms with Gasteiger partial charge in [0.05, 0.1) is 6.61 Å². The van der Waals surface area contributed by atoms with Crippen LogP contribution in [0.25, 0.3) is 0 Å². The molecule has 0 spiro atoms. The van der Waals surface area contributed by atoms with Gasteiger partial charge in [-0.3, -0.25) is 4.21 Å². The molecule has 72 valence electrons. The third kappa shape index (κ3) is 3.43. The number of ether oxygens (including phenoxy) is 1. The molecular weight excluding hydrogens is 190 g/mol. The lowest BCUT2D eigenvalue weighted by atomic mass is 10.3. The van der Waals surface area contributed by atoms with Crippen molar-refractivity contribution in [2.24, 2.45) is 0 Å². The van der Waals surface area contributed by atoms with Gasteiger partial charge in [-0.05, 0) is 31.2 Å². The van der Waals surface area contributed by atoms with Crippen molar-refractivity contribution in [2.45, 2.75) is 6.92 Å². The van der Waals surface area contributed by atoms with Crippen LogP contribution in [0, 0.1) is 0 Å². The van der Waals surface area contributed by atoms with Crippen LogP contribution >= 0.6 is 0 Å². The molecule has 1 unspecified atom stereocenters. The van der Waals surface area contributed by atoms with Crippen LogP contribution in [0.15, 0.2) is 24.3 Å². The molecule has 0 fully saturated rings. The summed E-state index contributed by atoms with van der Waals surface area (Å²) in [5.74, 6) is 0.727. The van der Waals surface area contributed by atoms with Gasteiger partial charge in [-0.15, -0.1) is 0 Å². The Kier molecular flexibility index (Phi) is 3.72. The van der Waals surface area contributed by atoms with Gasteiger partial charge < -0.3 is 14.0 Å². The minimum atomic E-state index is -2.27. The van der Waals surface area contributed by atoms with Crippen molar-refractivity contribution in [1.29, 1.82) is 0 Å². The molecule has 1 aromatic rings. The number of benzene rings is 1. The first-order chi connectivity index (χ1) is 6.22. The third-order valence-corrected chi connectivity index (χ3v) is 1.77. The number of rotatable bonds is 4. The zero-order chi connectivity index (χ0) is 9.68. The van der Waals surface area contributed by atoms with E-state index in [1.165, 1.54) is 0 Å². The molecule has 0 bridgehead atoms. The van der Waals surface area contributed by atoms with Gasteiger partial charge in [0.2, 0.25) is 0 Å². The smallest absolute Gasteiger partial charge is 0.119 e. The number of hydrogen-bond donors (Lipinski definition) is 1. The van der Waals surface area contributed by atoms with Crippen LogP contribution in [-0.2, 0) is 11.3 Å². The predicted molar refractivity (Wildman–Crippen MR) is 50.2 cm³/mol. The summed E-state index contributed by atoms with van der Waals surface area (Å²) in [6.45, 7) is 2.49. The van der Waals surface area contributed by atoms with E-state index in [4.69, 9.17) is 4.74 Å². The van der Waals surface area contributed by atoms with Gasteiger partial charge >= 0.3 is 0 Å². The molecule has 0 aromatic heterocycles. The molecule has 0 heterocycles. The average molecular weight is 200 g/mol. The largest absolute Gasteiger partial charge is 0.755 e. The maximum atomic E-state index is 10.2. The van der Waals surface area contributed by atoms with Crippen molar-refractivity contribution in [3.05, 3.63) is 24.3 Å². The maximum Gasteiger partial charge on any atom is 0.119 e. The average Bonchev–Trinajstić information content (AvgIpc) is 2.08. The lowest BCUT2D eigenvalue weighted by Gasteiger charge is -2.09. The zero-order valence-electron chi connectivity index (χ0n) is 7.15. The second-order valence-corrected chi connectivity index (χ2v) is 2.97. The number of nitrogens with one attached hydrogen (secondary N) is 1. The third-order valence-electron chi connectivity index (χ3n) is 1.37. The highest BCUT2D eigenvalue weighted by Crippen LogP contribution is 2.15. The first kappa shape index (κ1) is 10.0. The summed E-state index contributed by atoms with van der Waals surface area (Å²) in [5.41, 5.74) is 0.525. The van der Waals surface area contributed by atoms with E-state index >= 15 is 0 Å². The second kappa shape index (κ2) is 4.84. The molecule has 0 aliphatic carbocycles. The van der Waals surface area contributed by atoms with Crippen LogP contribution in [0.4, 0.5) is 5.69 Å². The minimum absolute atomic E-state index is 0.525. The molecule has 0 aliphatic rings. The van der Waals surface area contributed by atoms with Crippen LogP contribution < -0.4 is 9.46 Å². The van der Waals surface area contributed by atoms with Crippen molar-refractivity contribution in [3.63, 3.8) is 0 Å². The molecule has 0 saturated carbocycles. The van der Waals surface area contributed by atoms with Gasteiger partial charge in [-0.25, -0.2) is 0 Å². The Morgan fingerprint density at radius 2 is 2.08 bits per heavy atom. The molecule has 1 N–H and O–H groups in total. The highest BCUT2D eigenvalue weighted by molar-refractivity contribution is 7.80. The lowest BCUT2D eigenvalue weighted by Crippen LogP contribution is -2.01. The fraction of sp³-hybridized carbons (Fsp3) is 0.250. The Morgan fingerprint density at radius 3 is 2.54 bits per heavy atom. The Labute approximate surface area is 79.3 Å². The maximum absolute atomic E-state index is 10.2. The van der Waals surface area contributed by atoms with Crippen LogP contribution in [0.5, 0.6) is 5.75 Å². The van der Waals surface area contributed by atoms with E-state index in [9.17, 15) is 8.76 Å². The summed E-state index contributed by atoms with van der Waals surface area (Å²) >= 11 is -2.27. The number of anilines is 1. The summed E-state index contributed by atoms with van der Waals surface area (Å²) < 4.78 is 27.9. The second-order valence-electron chi connectivity index (χ2n) is 2.29. The Bertz CT molecular complexity index is 286. The molecular formula is C8H10NO3S-. The summed E-state index contributed by atoms with van der Waals surface area (Å²) in [6.07, 6.45) is 0. The van der Waals surface area contributed by atoms with E-state index in [0.29, 0.717) is 12.3 Å². The first-order valence-electron chi connectivity index (χ1n) is 3.81. The van der Waals surface area contributed by atoms with E-state index in [-0.39, 0.29) is 0 Å². The minimum Gasteiger partial charge on any atom is -0.755 e. The highest BCUT2D eigenvalue weighted by Gasteiger charge is 1.92. The van der Waals surface area contributed by atoms with E-state index in [0.717, 1.165) is 5.75 Å². The molecule has 13 heavy (non-hydrogen) atoms. The molecule has 0 saturated heterocycles.